The van der Waals surface area contributed by atoms with E-state index in [0.29, 0.717) is 24.6 Å². The Morgan fingerprint density at radius 3 is 2.29 bits per heavy atom. The Morgan fingerprint density at radius 1 is 1.07 bits per heavy atom. The Labute approximate surface area is 160 Å². The maximum absolute atomic E-state index is 12.9. The van der Waals surface area contributed by atoms with Crippen molar-refractivity contribution in [2.45, 2.75) is 12.8 Å². The fraction of sp³-hybridized carbons (Fsp3) is 0.316. The molecule has 1 aliphatic rings. The number of furan rings is 1. The van der Waals surface area contributed by atoms with Crippen molar-refractivity contribution < 1.29 is 33.4 Å². The molecule has 2 amide bonds. The minimum absolute atomic E-state index is 0.147. The maximum Gasteiger partial charge on any atom is 0.338 e. The van der Waals surface area contributed by atoms with Gasteiger partial charge in [-0.1, -0.05) is 0 Å². The predicted molar refractivity (Wildman–Crippen MR) is 98.3 cm³/mol. The number of carboxylic acids is 1. The van der Waals surface area contributed by atoms with Gasteiger partial charge in [-0.25, -0.2) is 4.79 Å². The van der Waals surface area contributed by atoms with Crippen molar-refractivity contribution in [2.75, 3.05) is 32.6 Å². The summed E-state index contributed by atoms with van der Waals surface area (Å²) in [5, 5.41) is 11.6. The van der Waals surface area contributed by atoms with Crippen molar-refractivity contribution in [3.05, 3.63) is 41.3 Å². The van der Waals surface area contributed by atoms with E-state index in [1.165, 1.54) is 26.4 Å². The highest BCUT2D eigenvalue weighted by Crippen LogP contribution is 2.34. The van der Waals surface area contributed by atoms with Gasteiger partial charge in [-0.15, -0.1) is 0 Å². The SMILES string of the molecule is COc1cc(NC(=O)c2cc(C(=O)O)co2)c(C(=O)N2CCCC2)cc1OC. The van der Waals surface area contributed by atoms with Gasteiger partial charge < -0.3 is 29.2 Å². The molecular formula is C19H20N2O7. The summed E-state index contributed by atoms with van der Waals surface area (Å²) >= 11 is 0. The molecule has 0 atom stereocenters. The zero-order chi connectivity index (χ0) is 20.3. The van der Waals surface area contributed by atoms with Crippen LogP contribution < -0.4 is 14.8 Å². The summed E-state index contributed by atoms with van der Waals surface area (Å²) < 4.78 is 15.5. The number of ether oxygens (including phenoxy) is 2. The topological polar surface area (TPSA) is 118 Å². The van der Waals surface area contributed by atoms with Gasteiger partial charge in [0.1, 0.15) is 6.26 Å². The highest BCUT2D eigenvalue weighted by molar-refractivity contribution is 6.09. The summed E-state index contributed by atoms with van der Waals surface area (Å²) in [4.78, 5) is 38.1. The van der Waals surface area contributed by atoms with Crippen molar-refractivity contribution in [2.24, 2.45) is 0 Å². The van der Waals surface area contributed by atoms with E-state index in [9.17, 15) is 14.4 Å². The van der Waals surface area contributed by atoms with Gasteiger partial charge in [0, 0.05) is 25.2 Å². The molecule has 0 aliphatic carbocycles. The van der Waals surface area contributed by atoms with Gasteiger partial charge in [-0.2, -0.15) is 0 Å². The van der Waals surface area contributed by atoms with Crippen LogP contribution in [0.4, 0.5) is 5.69 Å². The average molecular weight is 388 g/mol. The van der Waals surface area contributed by atoms with Gasteiger partial charge in [0.2, 0.25) is 0 Å². The number of benzene rings is 1. The van der Waals surface area contributed by atoms with E-state index >= 15 is 0 Å². The van der Waals surface area contributed by atoms with Gasteiger partial charge in [-0.3, -0.25) is 9.59 Å². The average Bonchev–Trinajstić information content (AvgIpc) is 3.38. The minimum atomic E-state index is -1.21. The second kappa shape index (κ2) is 8.03. The summed E-state index contributed by atoms with van der Waals surface area (Å²) in [5.74, 6) is -1.63. The highest BCUT2D eigenvalue weighted by Gasteiger charge is 2.26. The van der Waals surface area contributed by atoms with Gasteiger partial charge in [0.25, 0.3) is 11.8 Å². The number of rotatable bonds is 6. The van der Waals surface area contributed by atoms with Crippen molar-refractivity contribution in [3.8, 4) is 11.5 Å². The van der Waals surface area contributed by atoms with Crippen LogP contribution in [0.1, 0.15) is 44.1 Å². The molecule has 148 valence electrons. The molecule has 1 saturated heterocycles. The normalized spacial score (nSPS) is 13.3. The van der Waals surface area contributed by atoms with Crippen molar-refractivity contribution in [1.82, 2.24) is 4.90 Å². The van der Waals surface area contributed by atoms with Crippen molar-refractivity contribution >= 4 is 23.5 Å². The third-order valence-electron chi connectivity index (χ3n) is 4.47. The van der Waals surface area contributed by atoms with Crippen molar-refractivity contribution in [3.63, 3.8) is 0 Å². The molecule has 28 heavy (non-hydrogen) atoms. The molecule has 2 heterocycles. The molecule has 1 aromatic carbocycles. The first-order valence-corrected chi connectivity index (χ1v) is 8.63. The molecule has 9 heteroatoms. The number of hydrogen-bond donors (Lipinski definition) is 2. The quantitative estimate of drug-likeness (QED) is 0.780. The smallest absolute Gasteiger partial charge is 0.338 e. The van der Waals surface area contributed by atoms with Crippen LogP contribution >= 0.6 is 0 Å². The van der Waals surface area contributed by atoms with E-state index in [-0.39, 0.29) is 28.5 Å². The maximum atomic E-state index is 12.9. The first-order valence-electron chi connectivity index (χ1n) is 8.63. The number of carboxylic acid groups (broad SMARTS) is 1. The van der Waals surface area contributed by atoms with Crippen LogP contribution in [0, 0.1) is 0 Å². The van der Waals surface area contributed by atoms with Crippen LogP contribution in [-0.4, -0.2) is 55.1 Å². The van der Waals surface area contributed by atoms with Crippen LogP contribution in [0.15, 0.2) is 28.9 Å². The lowest BCUT2D eigenvalue weighted by atomic mass is 10.1. The molecule has 2 N–H and O–H groups in total. The highest BCUT2D eigenvalue weighted by atomic mass is 16.5. The molecule has 2 aromatic rings. The van der Waals surface area contributed by atoms with Crippen LogP contribution in [0.2, 0.25) is 0 Å². The fourth-order valence-electron chi connectivity index (χ4n) is 3.00. The number of hydrogen-bond acceptors (Lipinski definition) is 6. The molecule has 9 nitrogen and oxygen atoms in total. The van der Waals surface area contributed by atoms with Gasteiger partial charge in [0.15, 0.2) is 17.3 Å². The predicted octanol–water partition coefficient (Wildman–Crippen LogP) is 2.48. The molecule has 0 spiro atoms. The summed E-state index contributed by atoms with van der Waals surface area (Å²) in [6, 6.07) is 4.11. The number of nitrogens with one attached hydrogen (secondary N) is 1. The zero-order valence-electron chi connectivity index (χ0n) is 15.5. The largest absolute Gasteiger partial charge is 0.493 e. The zero-order valence-corrected chi connectivity index (χ0v) is 15.5. The Hall–Kier alpha value is -3.49. The van der Waals surface area contributed by atoms with E-state index in [1.807, 2.05) is 0 Å². The number of anilines is 1. The molecule has 0 radical (unpaired) electrons. The lowest BCUT2D eigenvalue weighted by molar-refractivity contribution is 0.0695. The summed E-state index contributed by atoms with van der Waals surface area (Å²) in [6.07, 6.45) is 2.82. The molecule has 0 unspecified atom stereocenters. The Kier molecular flexibility index (Phi) is 5.53. The van der Waals surface area contributed by atoms with E-state index in [4.69, 9.17) is 19.0 Å². The monoisotopic (exact) mass is 388 g/mol. The molecule has 0 saturated carbocycles. The number of nitrogens with zero attached hydrogens (tertiary/aromatic N) is 1. The standard InChI is InChI=1S/C19H20N2O7/c1-26-14-8-12(18(23)21-5-3-4-6-21)13(9-15(14)27-2)20-17(22)16-7-11(10-28-16)19(24)25/h7-10H,3-6H2,1-2H3,(H,20,22)(H,24,25). The molecule has 1 fully saturated rings. The van der Waals surface area contributed by atoms with E-state index < -0.39 is 11.9 Å². The van der Waals surface area contributed by atoms with Crippen molar-refractivity contribution in [1.29, 1.82) is 0 Å². The Morgan fingerprint density at radius 2 is 1.71 bits per heavy atom. The number of likely N-dealkylation sites (tertiary alicyclic amines) is 1. The van der Waals surface area contributed by atoms with Crippen LogP contribution in [0.5, 0.6) is 11.5 Å². The van der Waals surface area contributed by atoms with E-state index in [0.717, 1.165) is 25.2 Å². The van der Waals surface area contributed by atoms with Gasteiger partial charge in [0.05, 0.1) is 31.0 Å². The van der Waals surface area contributed by atoms with E-state index in [1.54, 1.807) is 4.90 Å². The lowest BCUT2D eigenvalue weighted by Crippen LogP contribution is -2.29. The van der Waals surface area contributed by atoms with Crippen LogP contribution in [0.3, 0.4) is 0 Å². The third-order valence-corrected chi connectivity index (χ3v) is 4.47. The first kappa shape index (κ1) is 19.3. The Balaban J connectivity index is 1.95. The molecule has 1 aliphatic heterocycles. The number of amides is 2. The molecule has 0 bridgehead atoms. The van der Waals surface area contributed by atoms with E-state index in [2.05, 4.69) is 5.32 Å². The second-order valence-electron chi connectivity index (χ2n) is 6.21. The third kappa shape index (κ3) is 3.78. The molecule has 3 rings (SSSR count). The lowest BCUT2D eigenvalue weighted by Gasteiger charge is -2.19. The fourth-order valence-corrected chi connectivity index (χ4v) is 3.00. The minimum Gasteiger partial charge on any atom is -0.493 e. The summed E-state index contributed by atoms with van der Waals surface area (Å²) in [6.45, 7) is 1.28. The number of carbonyl (C=O) groups excluding carboxylic acids is 2. The summed E-state index contributed by atoms with van der Waals surface area (Å²) in [5.41, 5.74) is 0.316. The van der Waals surface area contributed by atoms with Crippen LogP contribution in [-0.2, 0) is 0 Å². The second-order valence-corrected chi connectivity index (χ2v) is 6.21. The van der Waals surface area contributed by atoms with Gasteiger partial charge >= 0.3 is 5.97 Å². The van der Waals surface area contributed by atoms with Crippen LogP contribution in [0.25, 0.3) is 0 Å². The number of aromatic carboxylic acids is 1. The Bertz CT molecular complexity index is 913. The molecule has 1 aromatic heterocycles. The number of methoxy groups -OCH3 is 2. The van der Waals surface area contributed by atoms with Gasteiger partial charge in [-0.05, 0) is 18.9 Å². The summed E-state index contributed by atoms with van der Waals surface area (Å²) in [7, 11) is 2.90. The molecular weight excluding hydrogens is 368 g/mol. The number of carbonyl (C=O) groups is 3. The first-order chi connectivity index (χ1) is 13.4.